The summed E-state index contributed by atoms with van der Waals surface area (Å²) >= 11 is 0. The summed E-state index contributed by atoms with van der Waals surface area (Å²) in [5.74, 6) is -0.0214. The average molecular weight is 110 g/mol. The second-order valence-electron chi connectivity index (χ2n) is 1.42. The third-order valence-electron chi connectivity index (χ3n) is 0.719. The second kappa shape index (κ2) is 4.31. The summed E-state index contributed by atoms with van der Waals surface area (Å²) in [4.78, 5) is 10.4. The molecule has 0 rings (SSSR count). The predicted molar refractivity (Wildman–Crippen MR) is 34.6 cm³/mol. The minimum Gasteiger partial charge on any atom is -0.290 e. The number of carbonyl (C=O) groups excluding carboxylic acids is 1. The summed E-state index contributed by atoms with van der Waals surface area (Å²) in [6, 6.07) is 0. The van der Waals surface area contributed by atoms with Crippen LogP contribution in [0.2, 0.25) is 0 Å². The van der Waals surface area contributed by atoms with Gasteiger partial charge in [0.15, 0.2) is 5.78 Å². The lowest BCUT2D eigenvalue weighted by molar-refractivity contribution is -0.110. The van der Waals surface area contributed by atoms with Gasteiger partial charge in [-0.2, -0.15) is 0 Å². The Morgan fingerprint density at radius 1 is 1.75 bits per heavy atom. The zero-order valence-electron chi connectivity index (χ0n) is 5.05. The van der Waals surface area contributed by atoms with Crippen molar-refractivity contribution in [2.75, 3.05) is 0 Å². The summed E-state index contributed by atoms with van der Waals surface area (Å²) in [6.07, 6.45) is 5.53. The van der Waals surface area contributed by atoms with E-state index in [-0.39, 0.29) is 5.78 Å². The molecule has 1 heteroatoms. The van der Waals surface area contributed by atoms with Crippen molar-refractivity contribution in [3.8, 4) is 0 Å². The molecule has 0 aromatic rings. The first-order valence-electron chi connectivity index (χ1n) is 2.64. The van der Waals surface area contributed by atoms with E-state index in [2.05, 4.69) is 6.58 Å². The number of ketones is 1. The molecule has 0 saturated heterocycles. The Kier molecular flexibility index (Phi) is 3.85. The maximum absolute atomic E-state index is 10.4. The Hall–Kier alpha value is -0.850. The zero-order chi connectivity index (χ0) is 6.41. The van der Waals surface area contributed by atoms with Gasteiger partial charge in [-0.3, -0.25) is 4.79 Å². The van der Waals surface area contributed by atoms with Gasteiger partial charge in [0.25, 0.3) is 0 Å². The lowest BCUT2D eigenvalue weighted by atomic mass is 10.3. The van der Waals surface area contributed by atoms with Gasteiger partial charge in [-0.05, 0) is 18.6 Å². The van der Waals surface area contributed by atoms with Gasteiger partial charge in [-0.1, -0.05) is 19.6 Å². The third kappa shape index (κ3) is 3.34. The van der Waals surface area contributed by atoms with Crippen LogP contribution in [0.4, 0.5) is 0 Å². The van der Waals surface area contributed by atoms with E-state index in [4.69, 9.17) is 0 Å². The van der Waals surface area contributed by atoms with Gasteiger partial charge in [-0.15, -0.1) is 0 Å². The molecule has 0 spiro atoms. The molecule has 0 amide bonds. The van der Waals surface area contributed by atoms with Crippen LogP contribution in [0.25, 0.3) is 0 Å². The number of rotatable bonds is 3. The van der Waals surface area contributed by atoms with Crippen LogP contribution in [0.1, 0.15) is 13.3 Å². The molecule has 1 nitrogen and oxygen atoms in total. The monoisotopic (exact) mass is 110 g/mol. The Morgan fingerprint density at radius 2 is 2.38 bits per heavy atom. The van der Waals surface area contributed by atoms with E-state index in [9.17, 15) is 4.79 Å². The number of allylic oxidation sites excluding steroid dienone is 3. The van der Waals surface area contributed by atoms with Crippen LogP contribution < -0.4 is 0 Å². The van der Waals surface area contributed by atoms with Crippen LogP contribution in [0.5, 0.6) is 0 Å². The van der Waals surface area contributed by atoms with Crippen molar-refractivity contribution in [3.63, 3.8) is 0 Å². The Labute approximate surface area is 49.7 Å². The minimum absolute atomic E-state index is 0.0214. The minimum atomic E-state index is -0.0214. The van der Waals surface area contributed by atoms with Crippen molar-refractivity contribution in [1.82, 2.24) is 0 Å². The van der Waals surface area contributed by atoms with Crippen molar-refractivity contribution >= 4 is 5.78 Å². The molecule has 0 saturated carbocycles. The summed E-state index contributed by atoms with van der Waals surface area (Å²) in [5, 5.41) is 0. The van der Waals surface area contributed by atoms with E-state index in [1.807, 2.05) is 13.0 Å². The smallest absolute Gasteiger partial charge is 0.177 e. The van der Waals surface area contributed by atoms with Crippen LogP contribution in [0, 0.1) is 0 Å². The van der Waals surface area contributed by atoms with Gasteiger partial charge in [0, 0.05) is 0 Å². The zero-order valence-corrected chi connectivity index (χ0v) is 5.05. The van der Waals surface area contributed by atoms with Crippen LogP contribution in [-0.2, 0) is 4.79 Å². The third-order valence-corrected chi connectivity index (χ3v) is 0.719. The van der Waals surface area contributed by atoms with Crippen LogP contribution in [0.15, 0.2) is 24.8 Å². The van der Waals surface area contributed by atoms with Crippen molar-refractivity contribution in [2.24, 2.45) is 0 Å². The van der Waals surface area contributed by atoms with Gasteiger partial charge in [-0.25, -0.2) is 0 Å². The lowest BCUT2D eigenvalue weighted by Crippen LogP contribution is -1.80. The molecule has 0 fully saturated rings. The average Bonchev–Trinajstić information content (AvgIpc) is 1.83. The molecule has 0 heterocycles. The fraction of sp³-hybridized carbons (Fsp3) is 0.286. The molecule has 0 radical (unpaired) electrons. The molecule has 0 aliphatic heterocycles. The van der Waals surface area contributed by atoms with Crippen LogP contribution >= 0.6 is 0 Å². The fourth-order valence-electron chi connectivity index (χ4n) is 0.302. The first-order chi connectivity index (χ1) is 3.81. The van der Waals surface area contributed by atoms with Crippen molar-refractivity contribution in [2.45, 2.75) is 13.3 Å². The molecule has 0 atom stereocenters. The number of hydrogen-bond donors (Lipinski definition) is 0. The maximum Gasteiger partial charge on any atom is 0.177 e. The van der Waals surface area contributed by atoms with E-state index >= 15 is 0 Å². The SMILES string of the molecule is C=CC(=O)C=CCC. The molecule has 0 N–H and O–H groups in total. The highest BCUT2D eigenvalue weighted by molar-refractivity contribution is 5.98. The largest absolute Gasteiger partial charge is 0.290 e. The second-order valence-corrected chi connectivity index (χ2v) is 1.42. The molecule has 44 valence electrons. The topological polar surface area (TPSA) is 17.1 Å². The molecule has 0 aliphatic carbocycles. The van der Waals surface area contributed by atoms with Gasteiger partial charge in [0.2, 0.25) is 0 Å². The van der Waals surface area contributed by atoms with Crippen LogP contribution in [0.3, 0.4) is 0 Å². The standard InChI is InChI=1S/C7H10O/c1-3-5-6-7(8)4-2/h4-6H,2-3H2,1H3. The highest BCUT2D eigenvalue weighted by Crippen LogP contribution is 1.80. The molecule has 0 unspecified atom stereocenters. The summed E-state index contributed by atoms with van der Waals surface area (Å²) in [5.41, 5.74) is 0. The number of hydrogen-bond acceptors (Lipinski definition) is 1. The molecule has 0 aromatic carbocycles. The normalized spacial score (nSPS) is 9.62. The summed E-state index contributed by atoms with van der Waals surface area (Å²) in [7, 11) is 0. The fourth-order valence-corrected chi connectivity index (χ4v) is 0.302. The van der Waals surface area contributed by atoms with Crippen molar-refractivity contribution < 1.29 is 4.79 Å². The van der Waals surface area contributed by atoms with Gasteiger partial charge >= 0.3 is 0 Å². The van der Waals surface area contributed by atoms with E-state index in [1.54, 1.807) is 0 Å². The molecular weight excluding hydrogens is 100 g/mol. The van der Waals surface area contributed by atoms with E-state index in [0.29, 0.717) is 0 Å². The highest BCUT2D eigenvalue weighted by Gasteiger charge is 1.80. The predicted octanol–water partition coefficient (Wildman–Crippen LogP) is 1.71. The molecule has 0 aromatic heterocycles. The lowest BCUT2D eigenvalue weighted by Gasteiger charge is -1.76. The molecular formula is C7H10O. The molecule has 8 heavy (non-hydrogen) atoms. The first-order valence-corrected chi connectivity index (χ1v) is 2.64. The first kappa shape index (κ1) is 7.15. The maximum atomic E-state index is 10.4. The number of carbonyl (C=O) groups is 1. The Bertz CT molecular complexity index is 112. The van der Waals surface area contributed by atoms with E-state index in [0.717, 1.165) is 6.42 Å². The van der Waals surface area contributed by atoms with Gasteiger partial charge in [0.1, 0.15) is 0 Å². The van der Waals surface area contributed by atoms with E-state index in [1.165, 1.54) is 12.2 Å². The van der Waals surface area contributed by atoms with Crippen molar-refractivity contribution in [3.05, 3.63) is 24.8 Å². The van der Waals surface area contributed by atoms with Gasteiger partial charge < -0.3 is 0 Å². The van der Waals surface area contributed by atoms with Crippen molar-refractivity contribution in [1.29, 1.82) is 0 Å². The Balaban J connectivity index is 3.52. The molecule has 0 bridgehead atoms. The molecule has 0 aliphatic rings. The highest BCUT2D eigenvalue weighted by atomic mass is 16.1. The Morgan fingerprint density at radius 3 is 2.75 bits per heavy atom. The summed E-state index contributed by atoms with van der Waals surface area (Å²) in [6.45, 7) is 5.29. The summed E-state index contributed by atoms with van der Waals surface area (Å²) < 4.78 is 0. The van der Waals surface area contributed by atoms with Crippen LogP contribution in [-0.4, -0.2) is 5.78 Å². The van der Waals surface area contributed by atoms with E-state index < -0.39 is 0 Å². The quantitative estimate of drug-likeness (QED) is 0.505. The van der Waals surface area contributed by atoms with Gasteiger partial charge in [0.05, 0.1) is 0 Å².